The molecule has 0 saturated carbocycles. The lowest BCUT2D eigenvalue weighted by Crippen LogP contribution is -2.04. The average Bonchev–Trinajstić information content (AvgIpc) is 2.67. The second-order valence-corrected chi connectivity index (χ2v) is 3.61. The van der Waals surface area contributed by atoms with E-state index < -0.39 is 16.4 Å². The van der Waals surface area contributed by atoms with Crippen LogP contribution in [0.4, 0.5) is 10.1 Å². The van der Waals surface area contributed by atoms with E-state index in [9.17, 15) is 14.5 Å². The number of nitrogens with zero attached hydrogens (tertiary/aromatic N) is 3. The lowest BCUT2D eigenvalue weighted by molar-refractivity contribution is -0.387. The highest BCUT2D eigenvalue weighted by atomic mass is 19.1. The minimum atomic E-state index is -0.786. The summed E-state index contributed by atoms with van der Waals surface area (Å²) in [4.78, 5) is 13.9. The van der Waals surface area contributed by atoms with Crippen molar-refractivity contribution in [1.82, 2.24) is 9.55 Å². The highest BCUT2D eigenvalue weighted by molar-refractivity contribution is 5.36. The molecule has 0 N–H and O–H groups in total. The van der Waals surface area contributed by atoms with Gasteiger partial charge in [0.05, 0.1) is 11.5 Å². The third-order valence-electron chi connectivity index (χ3n) is 2.52. The SMILES string of the molecule is Cc1nccn1Cc1cccc([N+](=O)[O-])c1F. The molecule has 0 amide bonds. The van der Waals surface area contributed by atoms with Gasteiger partial charge in [0.2, 0.25) is 5.82 Å². The fourth-order valence-corrected chi connectivity index (χ4v) is 1.58. The van der Waals surface area contributed by atoms with Gasteiger partial charge >= 0.3 is 5.69 Å². The first kappa shape index (κ1) is 11.3. The summed E-state index contributed by atoms with van der Waals surface area (Å²) in [7, 11) is 0. The number of halogens is 1. The number of aryl methyl sites for hydroxylation is 1. The smallest absolute Gasteiger partial charge is 0.305 e. The predicted molar refractivity (Wildman–Crippen MR) is 59.1 cm³/mol. The van der Waals surface area contributed by atoms with Gasteiger partial charge in [0.15, 0.2) is 0 Å². The van der Waals surface area contributed by atoms with Crippen molar-refractivity contribution in [2.24, 2.45) is 0 Å². The molecule has 1 aromatic carbocycles. The maximum absolute atomic E-state index is 13.8. The zero-order valence-corrected chi connectivity index (χ0v) is 9.13. The van der Waals surface area contributed by atoms with Crippen molar-refractivity contribution in [1.29, 1.82) is 0 Å². The Labute approximate surface area is 96.7 Å². The lowest BCUT2D eigenvalue weighted by Gasteiger charge is -2.06. The van der Waals surface area contributed by atoms with Gasteiger partial charge in [-0.3, -0.25) is 10.1 Å². The van der Waals surface area contributed by atoms with Gasteiger partial charge in [0.25, 0.3) is 0 Å². The monoisotopic (exact) mass is 235 g/mol. The summed E-state index contributed by atoms with van der Waals surface area (Å²) < 4.78 is 15.5. The summed E-state index contributed by atoms with van der Waals surface area (Å²) in [6, 6.07) is 4.16. The third-order valence-corrected chi connectivity index (χ3v) is 2.52. The van der Waals surface area contributed by atoms with Crippen molar-refractivity contribution in [3.63, 3.8) is 0 Å². The van der Waals surface area contributed by atoms with Crippen molar-refractivity contribution in [3.05, 3.63) is 57.9 Å². The summed E-state index contributed by atoms with van der Waals surface area (Å²) in [5.41, 5.74) is -0.222. The number of imidazole rings is 1. The maximum atomic E-state index is 13.8. The fourth-order valence-electron chi connectivity index (χ4n) is 1.58. The van der Waals surface area contributed by atoms with Crippen LogP contribution in [0.1, 0.15) is 11.4 Å². The molecule has 0 saturated heterocycles. The van der Waals surface area contributed by atoms with E-state index in [4.69, 9.17) is 0 Å². The Morgan fingerprint density at radius 3 is 2.88 bits per heavy atom. The van der Waals surface area contributed by atoms with Crippen LogP contribution in [0.25, 0.3) is 0 Å². The van der Waals surface area contributed by atoms with Crippen molar-refractivity contribution in [3.8, 4) is 0 Å². The molecule has 1 heterocycles. The van der Waals surface area contributed by atoms with Crippen LogP contribution in [0.3, 0.4) is 0 Å². The number of nitro groups is 1. The third kappa shape index (κ3) is 2.15. The fraction of sp³-hybridized carbons (Fsp3) is 0.182. The zero-order chi connectivity index (χ0) is 12.4. The van der Waals surface area contributed by atoms with Crippen molar-refractivity contribution >= 4 is 5.69 Å². The number of benzene rings is 1. The van der Waals surface area contributed by atoms with Gasteiger partial charge in [-0.25, -0.2) is 4.98 Å². The van der Waals surface area contributed by atoms with E-state index >= 15 is 0 Å². The molecule has 2 aromatic rings. The van der Waals surface area contributed by atoms with Crippen molar-refractivity contribution in [2.75, 3.05) is 0 Å². The van der Waals surface area contributed by atoms with E-state index in [-0.39, 0.29) is 12.1 Å². The molecule has 0 aliphatic heterocycles. The Morgan fingerprint density at radius 1 is 1.53 bits per heavy atom. The lowest BCUT2D eigenvalue weighted by atomic mass is 10.2. The Bertz CT molecular complexity index is 566. The molecular formula is C11H10FN3O2. The minimum Gasteiger partial charge on any atom is -0.331 e. The zero-order valence-electron chi connectivity index (χ0n) is 9.13. The van der Waals surface area contributed by atoms with E-state index in [0.717, 1.165) is 11.9 Å². The first-order chi connectivity index (χ1) is 8.09. The molecule has 0 spiro atoms. The van der Waals surface area contributed by atoms with Crippen LogP contribution in [0, 0.1) is 22.9 Å². The largest absolute Gasteiger partial charge is 0.331 e. The van der Waals surface area contributed by atoms with Crippen LogP contribution in [-0.4, -0.2) is 14.5 Å². The number of hydrogen-bond donors (Lipinski definition) is 0. The van der Waals surface area contributed by atoms with Crippen molar-refractivity contribution < 1.29 is 9.31 Å². The molecule has 2 rings (SSSR count). The first-order valence-corrected chi connectivity index (χ1v) is 4.99. The summed E-state index contributed by atoms with van der Waals surface area (Å²) >= 11 is 0. The van der Waals surface area contributed by atoms with Gasteiger partial charge in [0, 0.05) is 24.0 Å². The molecule has 6 heteroatoms. The summed E-state index contributed by atoms with van der Waals surface area (Å²) in [6.45, 7) is 2.02. The van der Waals surface area contributed by atoms with Gasteiger partial charge < -0.3 is 4.57 Å². The molecule has 88 valence electrons. The Morgan fingerprint density at radius 2 is 2.29 bits per heavy atom. The summed E-state index contributed by atoms with van der Waals surface area (Å²) in [5.74, 6) is -0.0542. The topological polar surface area (TPSA) is 61.0 Å². The molecule has 0 atom stereocenters. The molecule has 0 bridgehead atoms. The van der Waals surface area contributed by atoms with Crippen LogP contribution >= 0.6 is 0 Å². The van der Waals surface area contributed by atoms with E-state index in [2.05, 4.69) is 4.98 Å². The molecule has 0 aliphatic carbocycles. The van der Waals surface area contributed by atoms with Crippen molar-refractivity contribution in [2.45, 2.75) is 13.5 Å². The van der Waals surface area contributed by atoms with E-state index in [0.29, 0.717) is 0 Å². The summed E-state index contributed by atoms with van der Waals surface area (Å²) in [6.07, 6.45) is 3.30. The number of hydrogen-bond acceptors (Lipinski definition) is 3. The predicted octanol–water partition coefficient (Wildman–Crippen LogP) is 2.29. The molecule has 0 fully saturated rings. The average molecular weight is 235 g/mol. The molecule has 17 heavy (non-hydrogen) atoms. The normalized spacial score (nSPS) is 10.5. The molecule has 0 aliphatic rings. The van der Waals surface area contributed by atoms with E-state index in [1.165, 1.54) is 12.1 Å². The van der Waals surface area contributed by atoms with Gasteiger partial charge in [-0.2, -0.15) is 4.39 Å². The van der Waals surface area contributed by atoms with Crippen LogP contribution in [0.2, 0.25) is 0 Å². The Balaban J connectivity index is 2.37. The van der Waals surface area contributed by atoms with Crippen LogP contribution in [0.15, 0.2) is 30.6 Å². The molecule has 0 radical (unpaired) electrons. The molecule has 0 unspecified atom stereocenters. The van der Waals surface area contributed by atoms with Crippen LogP contribution in [-0.2, 0) is 6.54 Å². The number of rotatable bonds is 3. The Hall–Kier alpha value is -2.24. The highest BCUT2D eigenvalue weighted by Gasteiger charge is 2.17. The van der Waals surface area contributed by atoms with Crippen LogP contribution < -0.4 is 0 Å². The summed E-state index contributed by atoms with van der Waals surface area (Å²) in [5, 5.41) is 10.6. The maximum Gasteiger partial charge on any atom is 0.305 e. The Kier molecular flexibility index (Phi) is 2.86. The number of aromatic nitrogens is 2. The molecular weight excluding hydrogens is 225 g/mol. The quantitative estimate of drug-likeness (QED) is 0.605. The first-order valence-electron chi connectivity index (χ1n) is 4.99. The van der Waals surface area contributed by atoms with Gasteiger partial charge in [-0.05, 0) is 6.92 Å². The van der Waals surface area contributed by atoms with Crippen LogP contribution in [0.5, 0.6) is 0 Å². The highest BCUT2D eigenvalue weighted by Crippen LogP contribution is 2.21. The van der Waals surface area contributed by atoms with Gasteiger partial charge in [-0.15, -0.1) is 0 Å². The number of nitro benzene ring substituents is 1. The standard InChI is InChI=1S/C11H10FN3O2/c1-8-13-5-6-14(8)7-9-3-2-4-10(11(9)12)15(16)17/h2-6H,7H2,1H3. The molecule has 1 aromatic heterocycles. The molecule has 5 nitrogen and oxygen atoms in total. The second kappa shape index (κ2) is 4.32. The minimum absolute atomic E-state index is 0.235. The van der Waals surface area contributed by atoms with E-state index in [1.54, 1.807) is 23.9 Å². The van der Waals surface area contributed by atoms with Gasteiger partial charge in [-0.1, -0.05) is 12.1 Å². The van der Waals surface area contributed by atoms with Gasteiger partial charge in [0.1, 0.15) is 5.82 Å². The van der Waals surface area contributed by atoms with E-state index in [1.807, 2.05) is 0 Å². The second-order valence-electron chi connectivity index (χ2n) is 3.61.